The Balaban J connectivity index is 1.95. The van der Waals surface area contributed by atoms with Crippen molar-refractivity contribution in [1.82, 2.24) is 0 Å². The van der Waals surface area contributed by atoms with Crippen LogP contribution in [0.15, 0.2) is 60.7 Å². The molecule has 2 aromatic carbocycles. The number of aliphatic hydroxyl groups is 1. The van der Waals surface area contributed by atoms with Gasteiger partial charge in [0.05, 0.1) is 19.8 Å². The number of rotatable bonds is 6. The summed E-state index contributed by atoms with van der Waals surface area (Å²) in [6, 6.07) is 20.6. The summed E-state index contributed by atoms with van der Waals surface area (Å²) in [7, 11) is -1.39. The van der Waals surface area contributed by atoms with Crippen LogP contribution in [-0.2, 0) is 18.7 Å². The van der Waals surface area contributed by atoms with Gasteiger partial charge in [0.2, 0.25) is 0 Å². The molecule has 0 bridgehead atoms. The molecule has 2 aromatic rings. The molecule has 1 saturated heterocycles. The molecule has 3 atom stereocenters. The lowest BCUT2D eigenvalue weighted by Crippen LogP contribution is -2.67. The Labute approximate surface area is 173 Å². The maximum Gasteiger partial charge on any atom is 0.335 e. The first-order valence-corrected chi connectivity index (χ1v) is 11.9. The van der Waals surface area contributed by atoms with E-state index in [1.54, 1.807) is 0 Å². The van der Waals surface area contributed by atoms with Gasteiger partial charge in [0.15, 0.2) is 6.10 Å². The van der Waals surface area contributed by atoms with Crippen molar-refractivity contribution in [2.75, 3.05) is 13.7 Å². The van der Waals surface area contributed by atoms with Crippen molar-refractivity contribution >= 4 is 24.7 Å². The Kier molecular flexibility index (Phi) is 6.58. The van der Waals surface area contributed by atoms with Gasteiger partial charge in [-0.3, -0.25) is 0 Å². The van der Waals surface area contributed by atoms with E-state index in [2.05, 4.69) is 45.0 Å². The lowest BCUT2D eigenvalue weighted by Gasteiger charge is -2.43. The molecule has 0 unspecified atom stereocenters. The van der Waals surface area contributed by atoms with E-state index in [9.17, 15) is 9.90 Å². The first-order valence-electron chi connectivity index (χ1n) is 9.96. The maximum atomic E-state index is 11.8. The predicted octanol–water partition coefficient (Wildman–Crippen LogP) is 2.25. The minimum absolute atomic E-state index is 0.166. The van der Waals surface area contributed by atoms with Gasteiger partial charge in [-0.15, -0.1) is 0 Å². The van der Waals surface area contributed by atoms with E-state index in [-0.39, 0.29) is 18.1 Å². The fourth-order valence-corrected chi connectivity index (χ4v) is 8.70. The number of carbonyl (C=O) groups is 1. The molecule has 1 fully saturated rings. The Bertz CT molecular complexity index is 764. The summed E-state index contributed by atoms with van der Waals surface area (Å²) in [4.78, 5) is 11.8. The molecule has 3 rings (SSSR count). The molecule has 0 saturated carbocycles. The Morgan fingerprint density at radius 2 is 1.59 bits per heavy atom. The maximum absolute atomic E-state index is 11.8. The summed E-state index contributed by atoms with van der Waals surface area (Å²) in [5, 5.41) is 12.6. The molecule has 0 spiro atoms. The minimum Gasteiger partial charge on any atom is -0.467 e. The number of benzene rings is 2. The summed E-state index contributed by atoms with van der Waals surface area (Å²) in [5.74, 6) is -0.461. The van der Waals surface area contributed by atoms with Crippen molar-refractivity contribution in [1.29, 1.82) is 0 Å². The Hall–Kier alpha value is -1.99. The first kappa shape index (κ1) is 21.7. The van der Waals surface area contributed by atoms with Crippen LogP contribution in [0.4, 0.5) is 0 Å². The standard InChI is InChI=1S/C23H30O5Si/c1-23(2,3)29(17-11-7-5-8-12-17,18-13-9-6-10-14-18)27-16-21-19(24)15-20(28-21)22(25)26-4/h5-14,19-21,24H,15-16H2,1-4H3/t19-,20+,21+/m0/s1. The topological polar surface area (TPSA) is 65.0 Å². The minimum atomic E-state index is -2.71. The van der Waals surface area contributed by atoms with E-state index < -0.39 is 32.6 Å². The molecule has 29 heavy (non-hydrogen) atoms. The van der Waals surface area contributed by atoms with E-state index in [4.69, 9.17) is 13.9 Å². The van der Waals surface area contributed by atoms with Crippen molar-refractivity contribution in [2.45, 2.75) is 50.5 Å². The van der Waals surface area contributed by atoms with Crippen LogP contribution in [0.1, 0.15) is 27.2 Å². The highest BCUT2D eigenvalue weighted by atomic mass is 28.4. The molecule has 0 aliphatic carbocycles. The van der Waals surface area contributed by atoms with Crippen molar-refractivity contribution in [3.05, 3.63) is 60.7 Å². The van der Waals surface area contributed by atoms with E-state index in [1.807, 2.05) is 36.4 Å². The highest BCUT2D eigenvalue weighted by Gasteiger charge is 2.51. The second-order valence-electron chi connectivity index (χ2n) is 8.46. The number of hydrogen-bond acceptors (Lipinski definition) is 5. The third-order valence-corrected chi connectivity index (χ3v) is 10.6. The molecule has 1 heterocycles. The fourth-order valence-electron chi connectivity index (χ4n) is 4.13. The lowest BCUT2D eigenvalue weighted by atomic mass is 10.1. The van der Waals surface area contributed by atoms with Crippen LogP contribution in [0, 0.1) is 0 Å². The quantitative estimate of drug-likeness (QED) is 0.580. The second kappa shape index (κ2) is 8.79. The van der Waals surface area contributed by atoms with Crippen LogP contribution >= 0.6 is 0 Å². The zero-order valence-electron chi connectivity index (χ0n) is 17.5. The van der Waals surface area contributed by atoms with E-state index in [0.717, 1.165) is 10.4 Å². The number of methoxy groups -OCH3 is 1. The molecular weight excluding hydrogens is 384 g/mol. The molecule has 5 nitrogen and oxygen atoms in total. The van der Waals surface area contributed by atoms with Gasteiger partial charge in [0.1, 0.15) is 6.10 Å². The highest BCUT2D eigenvalue weighted by molar-refractivity contribution is 6.99. The SMILES string of the molecule is COC(=O)[C@H]1C[C@H](O)[C@@H](CO[Si](c2ccccc2)(c2ccccc2)C(C)(C)C)O1. The summed E-state index contributed by atoms with van der Waals surface area (Å²) in [6.45, 7) is 6.80. The van der Waals surface area contributed by atoms with E-state index >= 15 is 0 Å². The molecule has 1 aliphatic rings. The summed E-state index contributed by atoms with van der Waals surface area (Å²) < 4.78 is 17.3. The zero-order chi connectivity index (χ0) is 21.1. The van der Waals surface area contributed by atoms with Gasteiger partial charge in [-0.2, -0.15) is 0 Å². The molecule has 1 aliphatic heterocycles. The number of ether oxygens (including phenoxy) is 2. The normalized spacial score (nSPS) is 22.4. The third-order valence-electron chi connectivity index (χ3n) is 5.57. The average Bonchev–Trinajstić information content (AvgIpc) is 3.09. The second-order valence-corrected chi connectivity index (χ2v) is 12.8. The van der Waals surface area contributed by atoms with Crippen molar-refractivity contribution < 1.29 is 23.8 Å². The van der Waals surface area contributed by atoms with E-state index in [0.29, 0.717) is 0 Å². The number of aliphatic hydroxyl groups excluding tert-OH is 1. The molecule has 0 aromatic heterocycles. The van der Waals surface area contributed by atoms with Crippen molar-refractivity contribution in [2.24, 2.45) is 0 Å². The molecule has 0 radical (unpaired) electrons. The number of hydrogen-bond donors (Lipinski definition) is 1. The molecule has 1 N–H and O–H groups in total. The van der Waals surface area contributed by atoms with E-state index in [1.165, 1.54) is 7.11 Å². The van der Waals surface area contributed by atoms with Crippen molar-refractivity contribution in [3.63, 3.8) is 0 Å². The zero-order valence-corrected chi connectivity index (χ0v) is 18.5. The lowest BCUT2D eigenvalue weighted by molar-refractivity contribution is -0.153. The van der Waals surface area contributed by atoms with Gasteiger partial charge < -0.3 is 19.0 Å². The highest BCUT2D eigenvalue weighted by Crippen LogP contribution is 2.37. The molecule has 0 amide bonds. The van der Waals surface area contributed by atoms with Gasteiger partial charge in [-0.25, -0.2) is 4.79 Å². The summed E-state index contributed by atoms with van der Waals surface area (Å²) in [5.41, 5.74) is 0. The van der Waals surface area contributed by atoms with Crippen LogP contribution in [0.25, 0.3) is 0 Å². The average molecular weight is 415 g/mol. The van der Waals surface area contributed by atoms with Crippen LogP contribution in [0.3, 0.4) is 0 Å². The van der Waals surface area contributed by atoms with Gasteiger partial charge in [-0.1, -0.05) is 81.4 Å². The fraction of sp³-hybridized carbons (Fsp3) is 0.435. The molecule has 156 valence electrons. The van der Waals surface area contributed by atoms with Gasteiger partial charge in [0.25, 0.3) is 8.32 Å². The van der Waals surface area contributed by atoms with Gasteiger partial charge >= 0.3 is 5.97 Å². The first-order chi connectivity index (χ1) is 13.8. The van der Waals surface area contributed by atoms with Crippen LogP contribution in [0.5, 0.6) is 0 Å². The number of carbonyl (C=O) groups excluding carboxylic acids is 1. The Morgan fingerprint density at radius 3 is 2.03 bits per heavy atom. The largest absolute Gasteiger partial charge is 0.467 e. The number of esters is 1. The molecule has 6 heteroatoms. The predicted molar refractivity (Wildman–Crippen MR) is 115 cm³/mol. The Morgan fingerprint density at radius 1 is 1.07 bits per heavy atom. The van der Waals surface area contributed by atoms with Gasteiger partial charge in [0, 0.05) is 6.42 Å². The summed E-state index contributed by atoms with van der Waals surface area (Å²) >= 11 is 0. The van der Waals surface area contributed by atoms with Gasteiger partial charge in [-0.05, 0) is 15.4 Å². The third kappa shape index (κ3) is 4.30. The van der Waals surface area contributed by atoms with Crippen LogP contribution < -0.4 is 10.4 Å². The van der Waals surface area contributed by atoms with Crippen molar-refractivity contribution in [3.8, 4) is 0 Å². The monoisotopic (exact) mass is 414 g/mol. The molecular formula is C23H30O5Si. The van der Waals surface area contributed by atoms with Crippen LogP contribution in [-0.4, -0.2) is 51.4 Å². The van der Waals surface area contributed by atoms with Crippen LogP contribution in [0.2, 0.25) is 5.04 Å². The smallest absolute Gasteiger partial charge is 0.335 e. The summed E-state index contributed by atoms with van der Waals surface area (Å²) in [6.07, 6.45) is -1.86.